The molecule has 0 aliphatic rings. The van der Waals surface area contributed by atoms with E-state index in [1.54, 1.807) is 0 Å². The Balaban J connectivity index is 2.61. The number of carbonyl (C=O) groups excluding carboxylic acids is 1. The number of hydrogen-bond donors (Lipinski definition) is 1. The highest BCUT2D eigenvalue weighted by Gasteiger charge is 2.25. The predicted octanol–water partition coefficient (Wildman–Crippen LogP) is 1.90. The van der Waals surface area contributed by atoms with Gasteiger partial charge in [0, 0.05) is 35.3 Å². The van der Waals surface area contributed by atoms with Gasteiger partial charge >= 0.3 is 0 Å². The Morgan fingerprint density at radius 2 is 2.09 bits per heavy atom. The highest BCUT2D eigenvalue weighted by Crippen LogP contribution is 2.25. The van der Waals surface area contributed by atoms with Crippen LogP contribution >= 0.6 is 11.3 Å². The van der Waals surface area contributed by atoms with Crippen molar-refractivity contribution in [1.29, 1.82) is 0 Å². The van der Waals surface area contributed by atoms with Crippen molar-refractivity contribution in [3.05, 3.63) is 33.2 Å². The number of aromatic nitrogens is 2. The molecule has 7 heteroatoms. The van der Waals surface area contributed by atoms with E-state index in [1.165, 1.54) is 26.8 Å². The monoisotopic (exact) mass is 337 g/mol. The van der Waals surface area contributed by atoms with E-state index in [9.17, 15) is 9.59 Å². The summed E-state index contributed by atoms with van der Waals surface area (Å²) in [5.74, 6) is -0.396. The first-order valence-electron chi connectivity index (χ1n) is 7.60. The second-order valence-electron chi connectivity index (χ2n) is 6.78. The maximum Gasteiger partial charge on any atom is 0.271 e. The molecule has 0 unspecified atom stereocenters. The molecule has 1 amide bonds. The Labute approximate surface area is 139 Å². The molecule has 0 bridgehead atoms. The summed E-state index contributed by atoms with van der Waals surface area (Å²) in [6.07, 6.45) is 1.34. The van der Waals surface area contributed by atoms with Crippen LogP contribution in [0.15, 0.2) is 16.4 Å². The van der Waals surface area contributed by atoms with Gasteiger partial charge in [0.1, 0.15) is 5.56 Å². The summed E-state index contributed by atoms with van der Waals surface area (Å²) in [5, 5.41) is 11.1. The molecule has 2 rings (SSSR count). The topological polar surface area (TPSA) is 74.9 Å². The fourth-order valence-corrected chi connectivity index (χ4v) is 3.49. The summed E-state index contributed by atoms with van der Waals surface area (Å²) >= 11 is 1.39. The molecule has 0 atom stereocenters. The molecule has 0 radical (unpaired) electrons. The fraction of sp³-hybridized carbons (Fsp3) is 0.562. The zero-order chi connectivity index (χ0) is 17.4. The molecule has 0 aliphatic carbocycles. The molecule has 126 valence electrons. The van der Waals surface area contributed by atoms with Crippen molar-refractivity contribution in [2.24, 2.45) is 0 Å². The Kier molecular flexibility index (Phi) is 4.91. The SMILES string of the molecule is CC(C)N(CCO)C(=O)c1cnc2scc(C(C)(C)C)n2c1=O. The van der Waals surface area contributed by atoms with Crippen molar-refractivity contribution in [3.8, 4) is 0 Å². The lowest BCUT2D eigenvalue weighted by atomic mass is 9.93. The summed E-state index contributed by atoms with van der Waals surface area (Å²) < 4.78 is 1.52. The molecule has 1 N–H and O–H groups in total. The van der Waals surface area contributed by atoms with Crippen molar-refractivity contribution in [2.75, 3.05) is 13.2 Å². The number of aliphatic hydroxyl groups excluding tert-OH is 1. The van der Waals surface area contributed by atoms with Gasteiger partial charge in [0.15, 0.2) is 4.96 Å². The third-order valence-corrected chi connectivity index (χ3v) is 4.51. The van der Waals surface area contributed by atoms with Crippen LogP contribution in [0.5, 0.6) is 0 Å². The van der Waals surface area contributed by atoms with E-state index in [-0.39, 0.29) is 35.7 Å². The van der Waals surface area contributed by atoms with Crippen LogP contribution in [0, 0.1) is 0 Å². The van der Waals surface area contributed by atoms with E-state index in [4.69, 9.17) is 5.11 Å². The normalized spacial score (nSPS) is 12.1. The molecule has 2 aromatic rings. The Morgan fingerprint density at radius 3 is 2.61 bits per heavy atom. The van der Waals surface area contributed by atoms with E-state index in [0.29, 0.717) is 4.96 Å². The van der Waals surface area contributed by atoms with Crippen LogP contribution in [0.1, 0.15) is 50.7 Å². The Hall–Kier alpha value is -1.73. The zero-order valence-electron chi connectivity index (χ0n) is 14.2. The lowest BCUT2D eigenvalue weighted by molar-refractivity contribution is 0.0663. The second-order valence-corrected chi connectivity index (χ2v) is 7.62. The van der Waals surface area contributed by atoms with Crippen molar-refractivity contribution in [3.63, 3.8) is 0 Å². The van der Waals surface area contributed by atoms with E-state index in [2.05, 4.69) is 4.98 Å². The molecule has 0 saturated heterocycles. The first-order valence-corrected chi connectivity index (χ1v) is 8.48. The predicted molar refractivity (Wildman–Crippen MR) is 91.3 cm³/mol. The lowest BCUT2D eigenvalue weighted by Gasteiger charge is -2.25. The van der Waals surface area contributed by atoms with Gasteiger partial charge in [-0.2, -0.15) is 0 Å². The number of fused-ring (bicyclic) bond motifs is 1. The van der Waals surface area contributed by atoms with Crippen molar-refractivity contribution < 1.29 is 9.90 Å². The number of nitrogens with zero attached hydrogens (tertiary/aromatic N) is 3. The third-order valence-electron chi connectivity index (χ3n) is 3.67. The lowest BCUT2D eigenvalue weighted by Crippen LogP contribution is -2.42. The first-order chi connectivity index (χ1) is 10.7. The van der Waals surface area contributed by atoms with Gasteiger partial charge in [0.25, 0.3) is 11.5 Å². The molecule has 2 aromatic heterocycles. The van der Waals surface area contributed by atoms with Gasteiger partial charge in [-0.25, -0.2) is 4.98 Å². The summed E-state index contributed by atoms with van der Waals surface area (Å²) in [6.45, 7) is 9.79. The van der Waals surface area contributed by atoms with Gasteiger partial charge in [-0.3, -0.25) is 14.0 Å². The highest BCUT2D eigenvalue weighted by atomic mass is 32.1. The third kappa shape index (κ3) is 3.30. The molecule has 23 heavy (non-hydrogen) atoms. The van der Waals surface area contributed by atoms with Crippen molar-refractivity contribution >= 4 is 22.2 Å². The summed E-state index contributed by atoms with van der Waals surface area (Å²) in [7, 11) is 0. The average molecular weight is 337 g/mol. The van der Waals surface area contributed by atoms with Crippen LogP contribution in [0.2, 0.25) is 0 Å². The minimum Gasteiger partial charge on any atom is -0.395 e. The van der Waals surface area contributed by atoms with Gasteiger partial charge in [0.2, 0.25) is 0 Å². The number of carbonyl (C=O) groups is 1. The van der Waals surface area contributed by atoms with Crippen LogP contribution in [0.3, 0.4) is 0 Å². The van der Waals surface area contributed by atoms with E-state index < -0.39 is 5.91 Å². The second kappa shape index (κ2) is 6.41. The molecule has 2 heterocycles. The van der Waals surface area contributed by atoms with Crippen molar-refractivity contribution in [2.45, 2.75) is 46.1 Å². The van der Waals surface area contributed by atoms with Gasteiger partial charge in [0.05, 0.1) is 6.61 Å². The van der Waals surface area contributed by atoms with Gasteiger partial charge < -0.3 is 10.0 Å². The number of amides is 1. The van der Waals surface area contributed by atoms with E-state index >= 15 is 0 Å². The first kappa shape index (κ1) is 17.6. The summed E-state index contributed by atoms with van der Waals surface area (Å²) in [6, 6.07) is -0.112. The molecule has 0 aliphatic heterocycles. The van der Waals surface area contributed by atoms with Crippen LogP contribution in [0.25, 0.3) is 4.96 Å². The van der Waals surface area contributed by atoms with Gasteiger partial charge in [-0.05, 0) is 13.8 Å². The fourth-order valence-electron chi connectivity index (χ4n) is 2.41. The maximum absolute atomic E-state index is 12.8. The number of hydrogen-bond acceptors (Lipinski definition) is 5. The molecular weight excluding hydrogens is 314 g/mol. The summed E-state index contributed by atoms with van der Waals surface area (Å²) in [4.78, 5) is 31.9. The van der Waals surface area contributed by atoms with E-state index in [1.807, 2.05) is 40.0 Å². The van der Waals surface area contributed by atoms with E-state index in [0.717, 1.165) is 5.69 Å². The Morgan fingerprint density at radius 1 is 1.43 bits per heavy atom. The number of aliphatic hydroxyl groups is 1. The standard InChI is InChI=1S/C16H23N3O3S/c1-10(2)18(6-7-20)13(21)11-8-17-15-19(14(11)22)12(9-23-15)16(3,4)5/h8-10,20H,6-7H2,1-5H3. The molecule has 6 nitrogen and oxygen atoms in total. The molecule has 0 fully saturated rings. The largest absolute Gasteiger partial charge is 0.395 e. The smallest absolute Gasteiger partial charge is 0.271 e. The van der Waals surface area contributed by atoms with Crippen LogP contribution in [-0.4, -0.2) is 44.5 Å². The van der Waals surface area contributed by atoms with Crippen LogP contribution < -0.4 is 5.56 Å². The quantitative estimate of drug-likeness (QED) is 0.924. The van der Waals surface area contributed by atoms with Crippen LogP contribution in [-0.2, 0) is 5.41 Å². The summed E-state index contributed by atoms with van der Waals surface area (Å²) in [5.41, 5.74) is 0.292. The Bertz CT molecular complexity index is 771. The highest BCUT2D eigenvalue weighted by molar-refractivity contribution is 7.15. The maximum atomic E-state index is 12.8. The zero-order valence-corrected chi connectivity index (χ0v) is 15.0. The number of thiazole rings is 1. The van der Waals surface area contributed by atoms with Crippen LogP contribution in [0.4, 0.5) is 0 Å². The minimum absolute atomic E-state index is 0.0357. The molecule has 0 saturated carbocycles. The minimum atomic E-state index is -0.396. The molecule has 0 aromatic carbocycles. The molecular formula is C16H23N3O3S. The molecule has 0 spiro atoms. The van der Waals surface area contributed by atoms with Crippen molar-refractivity contribution in [1.82, 2.24) is 14.3 Å². The van der Waals surface area contributed by atoms with Gasteiger partial charge in [-0.15, -0.1) is 11.3 Å². The number of rotatable bonds is 4. The average Bonchev–Trinajstić information content (AvgIpc) is 2.89. The van der Waals surface area contributed by atoms with Gasteiger partial charge in [-0.1, -0.05) is 20.8 Å².